The molecule has 0 aromatic heterocycles. The molecule has 1 N–H and O–H groups in total. The van der Waals surface area contributed by atoms with Gasteiger partial charge in [-0.1, -0.05) is 42.5 Å². The fraction of sp³-hybridized carbons (Fsp3) is 0.250. The van der Waals surface area contributed by atoms with E-state index in [0.717, 1.165) is 22.6 Å². The maximum absolute atomic E-state index is 11.1. The van der Waals surface area contributed by atoms with E-state index in [4.69, 9.17) is 14.0 Å². The predicted molar refractivity (Wildman–Crippen MR) is 116 cm³/mol. The van der Waals surface area contributed by atoms with E-state index in [1.807, 2.05) is 18.2 Å². The number of fused-ring (bicyclic) bond motifs is 1. The van der Waals surface area contributed by atoms with Crippen molar-refractivity contribution < 1.29 is 18.2 Å². The van der Waals surface area contributed by atoms with Crippen LogP contribution in [0.5, 0.6) is 11.5 Å². The van der Waals surface area contributed by atoms with Gasteiger partial charge in [0.05, 0.1) is 12.4 Å². The van der Waals surface area contributed by atoms with E-state index >= 15 is 0 Å². The molecule has 4 rings (SSSR count). The minimum Gasteiger partial charge on any atom is -0.492 e. The van der Waals surface area contributed by atoms with Gasteiger partial charge in [-0.15, -0.1) is 0 Å². The highest BCUT2D eigenvalue weighted by atomic mass is 32.2. The molecule has 1 aliphatic rings. The average molecular weight is 409 g/mol. The molecule has 29 heavy (non-hydrogen) atoms. The first-order chi connectivity index (χ1) is 14.0. The third-order valence-corrected chi connectivity index (χ3v) is 6.00. The van der Waals surface area contributed by atoms with Crippen LogP contribution in [0.15, 0.2) is 60.7 Å². The highest BCUT2D eigenvalue weighted by Gasteiger charge is 2.26. The lowest BCUT2D eigenvalue weighted by atomic mass is 9.95. The molecule has 0 saturated heterocycles. The highest BCUT2D eigenvalue weighted by molar-refractivity contribution is 7.79. The van der Waals surface area contributed by atoms with Crippen LogP contribution in [-0.4, -0.2) is 21.1 Å². The highest BCUT2D eigenvalue weighted by Crippen LogP contribution is 2.37. The molecule has 0 fully saturated rings. The number of aryl methyl sites for hydroxylation is 2. The maximum atomic E-state index is 11.1. The minimum atomic E-state index is -1.83. The molecule has 150 valence electrons. The predicted octanol–water partition coefficient (Wildman–Crippen LogP) is 5.25. The van der Waals surface area contributed by atoms with Crippen LogP contribution in [0.2, 0.25) is 0 Å². The van der Waals surface area contributed by atoms with Crippen LogP contribution in [0.25, 0.3) is 11.1 Å². The lowest BCUT2D eigenvalue weighted by Crippen LogP contribution is -2.10. The molecule has 3 aromatic carbocycles. The Labute approximate surface area is 173 Å². The third-order valence-electron chi connectivity index (χ3n) is 5.31. The van der Waals surface area contributed by atoms with Crippen molar-refractivity contribution in [1.29, 1.82) is 0 Å². The maximum Gasteiger partial charge on any atom is 0.153 e. The Morgan fingerprint density at radius 2 is 1.83 bits per heavy atom. The Kier molecular flexibility index (Phi) is 5.69. The third kappa shape index (κ3) is 4.36. The molecule has 1 aliphatic heterocycles. The largest absolute Gasteiger partial charge is 0.492 e. The Hall–Kier alpha value is -2.63. The molecule has 3 aromatic rings. The summed E-state index contributed by atoms with van der Waals surface area (Å²) in [7, 11) is 0. The number of hydrogen-bond donors (Lipinski definition) is 1. The second-order valence-electron chi connectivity index (χ2n) is 7.45. The first-order valence-corrected chi connectivity index (χ1v) is 10.9. The molecule has 0 radical (unpaired) electrons. The van der Waals surface area contributed by atoms with Crippen molar-refractivity contribution in [3.8, 4) is 22.6 Å². The summed E-state index contributed by atoms with van der Waals surface area (Å²) in [5.41, 5.74) is 7.05. The summed E-state index contributed by atoms with van der Waals surface area (Å²) < 4.78 is 31.9. The van der Waals surface area contributed by atoms with Gasteiger partial charge in [-0.25, -0.2) is 4.21 Å². The number of rotatable bonds is 6. The van der Waals surface area contributed by atoms with Gasteiger partial charge in [-0.3, -0.25) is 0 Å². The van der Waals surface area contributed by atoms with Crippen LogP contribution in [0.3, 0.4) is 0 Å². The summed E-state index contributed by atoms with van der Waals surface area (Å²) in [4.78, 5) is 0. The SMILES string of the molecule is Cc1cccc(C)c1-c1cccc(COc2ccc3c(c2)OCC3CS(=O)O)c1. The van der Waals surface area contributed by atoms with E-state index in [1.54, 1.807) is 0 Å². The van der Waals surface area contributed by atoms with E-state index in [1.165, 1.54) is 22.3 Å². The molecule has 0 amide bonds. The summed E-state index contributed by atoms with van der Waals surface area (Å²) in [6.07, 6.45) is 0. The van der Waals surface area contributed by atoms with Gasteiger partial charge in [0.25, 0.3) is 0 Å². The first-order valence-electron chi connectivity index (χ1n) is 9.64. The second-order valence-corrected chi connectivity index (χ2v) is 8.43. The van der Waals surface area contributed by atoms with Gasteiger partial charge in [-0.2, -0.15) is 0 Å². The van der Waals surface area contributed by atoms with Gasteiger partial charge >= 0.3 is 0 Å². The molecule has 0 aliphatic carbocycles. The molecule has 5 heteroatoms. The Bertz CT molecular complexity index is 1040. The zero-order valence-corrected chi connectivity index (χ0v) is 17.4. The van der Waals surface area contributed by atoms with Gasteiger partial charge in [0.1, 0.15) is 18.1 Å². The summed E-state index contributed by atoms with van der Waals surface area (Å²) in [6, 6.07) is 20.5. The quantitative estimate of drug-likeness (QED) is 0.566. The lowest BCUT2D eigenvalue weighted by molar-refractivity contribution is 0.301. The van der Waals surface area contributed by atoms with Crippen LogP contribution in [0.4, 0.5) is 0 Å². The topological polar surface area (TPSA) is 55.8 Å². The zero-order valence-electron chi connectivity index (χ0n) is 16.6. The zero-order chi connectivity index (χ0) is 20.4. The second kappa shape index (κ2) is 8.39. The van der Waals surface area contributed by atoms with Crippen molar-refractivity contribution in [2.45, 2.75) is 26.4 Å². The Morgan fingerprint density at radius 1 is 1.07 bits per heavy atom. The lowest BCUT2D eigenvalue weighted by Gasteiger charge is -2.12. The minimum absolute atomic E-state index is 0.0427. The standard InChI is InChI=1S/C24H24O4S/c1-16-5-3-6-17(2)24(16)19-8-4-7-18(11-19)13-27-21-9-10-22-20(15-29(25)26)14-28-23(22)12-21/h3-12,20H,13-15H2,1-2H3,(H,25,26). The van der Waals surface area contributed by atoms with Crippen LogP contribution in [0.1, 0.15) is 28.2 Å². The number of ether oxygens (including phenoxy) is 2. The van der Waals surface area contributed by atoms with Crippen LogP contribution in [0, 0.1) is 13.8 Å². The molecule has 0 saturated carbocycles. The Balaban J connectivity index is 1.49. The van der Waals surface area contributed by atoms with Gasteiger partial charge in [0, 0.05) is 17.5 Å². The molecular weight excluding hydrogens is 384 g/mol. The molecule has 0 bridgehead atoms. The van der Waals surface area contributed by atoms with E-state index in [0.29, 0.717) is 13.2 Å². The fourth-order valence-corrected chi connectivity index (χ4v) is 4.53. The van der Waals surface area contributed by atoms with E-state index in [9.17, 15) is 4.21 Å². The molecule has 2 unspecified atom stereocenters. The average Bonchev–Trinajstić information content (AvgIpc) is 3.08. The van der Waals surface area contributed by atoms with Crippen LogP contribution in [-0.2, 0) is 17.7 Å². The summed E-state index contributed by atoms with van der Waals surface area (Å²) in [6.45, 7) is 5.16. The monoisotopic (exact) mass is 408 g/mol. The smallest absolute Gasteiger partial charge is 0.153 e. The molecule has 0 spiro atoms. The molecule has 1 heterocycles. The van der Waals surface area contributed by atoms with Crippen LogP contribution < -0.4 is 9.47 Å². The van der Waals surface area contributed by atoms with E-state index in [2.05, 4.69) is 56.3 Å². The van der Waals surface area contributed by atoms with Crippen molar-refractivity contribution in [2.75, 3.05) is 12.4 Å². The number of hydrogen-bond acceptors (Lipinski definition) is 3. The van der Waals surface area contributed by atoms with Gasteiger partial charge in [-0.05, 0) is 53.8 Å². The van der Waals surface area contributed by atoms with Crippen molar-refractivity contribution in [1.82, 2.24) is 0 Å². The molecular formula is C24H24O4S. The summed E-state index contributed by atoms with van der Waals surface area (Å²) >= 11 is -1.83. The van der Waals surface area contributed by atoms with Gasteiger partial charge < -0.3 is 14.0 Å². The number of benzene rings is 3. The van der Waals surface area contributed by atoms with Crippen molar-refractivity contribution in [3.63, 3.8) is 0 Å². The van der Waals surface area contributed by atoms with Crippen molar-refractivity contribution in [3.05, 3.63) is 82.9 Å². The fourth-order valence-electron chi connectivity index (χ4n) is 3.91. The van der Waals surface area contributed by atoms with E-state index in [-0.39, 0.29) is 11.7 Å². The van der Waals surface area contributed by atoms with Crippen molar-refractivity contribution in [2.24, 2.45) is 0 Å². The van der Waals surface area contributed by atoms with Gasteiger partial charge in [0.2, 0.25) is 0 Å². The molecule has 2 atom stereocenters. The van der Waals surface area contributed by atoms with E-state index < -0.39 is 11.1 Å². The van der Waals surface area contributed by atoms with Gasteiger partial charge in [0.15, 0.2) is 11.1 Å². The Morgan fingerprint density at radius 3 is 2.59 bits per heavy atom. The van der Waals surface area contributed by atoms with Crippen LogP contribution >= 0.6 is 0 Å². The molecule has 4 nitrogen and oxygen atoms in total. The first kappa shape index (κ1) is 19.7. The summed E-state index contributed by atoms with van der Waals surface area (Å²) in [5.74, 6) is 1.62. The summed E-state index contributed by atoms with van der Waals surface area (Å²) in [5, 5.41) is 0. The van der Waals surface area contributed by atoms with Crippen molar-refractivity contribution >= 4 is 11.1 Å². The normalized spacial score (nSPS) is 16.2.